The summed E-state index contributed by atoms with van der Waals surface area (Å²) in [5, 5.41) is 5.64. The van der Waals surface area contributed by atoms with E-state index in [2.05, 4.69) is 28.1 Å². The standard InChI is InChI=1S/C27H30ClN7O/c1-18-16-34(17-29-18)24-11-9-22(30-27(24)36-2)25-31-26-20(7-6-14-35(26)32-25)19-8-10-23(21(28)15-19)33-12-4-3-5-13-33/h8-11,15-17,20H,3-7,12-14H2,1-2H3/t20-/m1/s1. The first kappa shape index (κ1) is 23.0. The van der Waals surface area contributed by atoms with Gasteiger partial charge in [0.15, 0.2) is 5.82 Å². The zero-order valence-corrected chi connectivity index (χ0v) is 21.4. The Labute approximate surface area is 215 Å². The fourth-order valence-electron chi connectivity index (χ4n) is 5.36. The fraction of sp³-hybridized carbons (Fsp3) is 0.407. The first-order chi connectivity index (χ1) is 17.6. The van der Waals surface area contributed by atoms with Gasteiger partial charge in [-0.2, -0.15) is 0 Å². The number of hydrogen-bond acceptors (Lipinski definition) is 6. The summed E-state index contributed by atoms with van der Waals surface area (Å²) in [4.78, 5) is 16.4. The highest BCUT2D eigenvalue weighted by Gasteiger charge is 2.28. The second-order valence-electron chi connectivity index (χ2n) is 9.62. The van der Waals surface area contributed by atoms with Crippen LogP contribution in [0, 0.1) is 6.92 Å². The van der Waals surface area contributed by atoms with Gasteiger partial charge >= 0.3 is 0 Å². The second kappa shape index (κ2) is 9.58. The lowest BCUT2D eigenvalue weighted by molar-refractivity contribution is 0.396. The van der Waals surface area contributed by atoms with Gasteiger partial charge < -0.3 is 14.2 Å². The summed E-state index contributed by atoms with van der Waals surface area (Å²) < 4.78 is 9.53. The lowest BCUT2D eigenvalue weighted by Gasteiger charge is -2.30. The maximum atomic E-state index is 6.80. The molecular formula is C27H30ClN7O. The molecule has 1 aromatic carbocycles. The van der Waals surface area contributed by atoms with E-state index in [1.807, 2.05) is 34.5 Å². The summed E-state index contributed by atoms with van der Waals surface area (Å²) in [7, 11) is 1.62. The molecule has 0 amide bonds. The largest absolute Gasteiger partial charge is 0.479 e. The van der Waals surface area contributed by atoms with E-state index in [-0.39, 0.29) is 5.92 Å². The van der Waals surface area contributed by atoms with Gasteiger partial charge in [-0.05, 0) is 68.9 Å². The number of ether oxygens (including phenoxy) is 1. The molecule has 0 spiro atoms. The monoisotopic (exact) mass is 503 g/mol. The molecule has 9 heteroatoms. The number of halogens is 1. The van der Waals surface area contributed by atoms with Crippen LogP contribution in [0.4, 0.5) is 5.69 Å². The van der Waals surface area contributed by atoms with Crippen LogP contribution in [-0.4, -0.2) is 49.5 Å². The van der Waals surface area contributed by atoms with Crippen molar-refractivity contribution in [3.8, 4) is 23.1 Å². The topological polar surface area (TPSA) is 73.9 Å². The van der Waals surface area contributed by atoms with Gasteiger partial charge in [0.1, 0.15) is 17.2 Å². The van der Waals surface area contributed by atoms with E-state index < -0.39 is 0 Å². The van der Waals surface area contributed by atoms with Gasteiger partial charge in [0.25, 0.3) is 0 Å². The Morgan fingerprint density at radius 1 is 0.972 bits per heavy atom. The van der Waals surface area contributed by atoms with Crippen molar-refractivity contribution in [1.82, 2.24) is 29.3 Å². The van der Waals surface area contributed by atoms with Crippen LogP contribution in [-0.2, 0) is 6.54 Å². The van der Waals surface area contributed by atoms with E-state index in [9.17, 15) is 0 Å². The van der Waals surface area contributed by atoms with Gasteiger partial charge in [0.05, 0.1) is 29.8 Å². The highest BCUT2D eigenvalue weighted by Crippen LogP contribution is 2.37. The molecule has 1 fully saturated rings. The molecule has 186 valence electrons. The van der Waals surface area contributed by atoms with Crippen molar-refractivity contribution in [1.29, 1.82) is 0 Å². The number of imidazole rings is 1. The van der Waals surface area contributed by atoms with E-state index in [0.717, 1.165) is 60.4 Å². The Bertz CT molecular complexity index is 1390. The van der Waals surface area contributed by atoms with Crippen LogP contribution in [0.5, 0.6) is 5.88 Å². The lowest BCUT2D eigenvalue weighted by atomic mass is 9.91. The van der Waals surface area contributed by atoms with E-state index in [1.54, 1.807) is 13.4 Å². The van der Waals surface area contributed by atoms with E-state index in [1.165, 1.54) is 24.8 Å². The molecule has 5 heterocycles. The van der Waals surface area contributed by atoms with Gasteiger partial charge in [0.2, 0.25) is 5.88 Å². The molecule has 0 N–H and O–H groups in total. The third kappa shape index (κ3) is 4.23. The molecule has 3 aromatic heterocycles. The minimum atomic E-state index is 0.156. The molecule has 1 atom stereocenters. The van der Waals surface area contributed by atoms with Crippen molar-refractivity contribution in [2.24, 2.45) is 0 Å². The molecule has 36 heavy (non-hydrogen) atoms. The molecule has 8 nitrogen and oxygen atoms in total. The summed E-state index contributed by atoms with van der Waals surface area (Å²) >= 11 is 6.80. The van der Waals surface area contributed by atoms with Gasteiger partial charge in [0, 0.05) is 31.7 Å². The van der Waals surface area contributed by atoms with Crippen LogP contribution in [0.1, 0.15) is 55.1 Å². The highest BCUT2D eigenvalue weighted by atomic mass is 35.5. The molecule has 0 saturated carbocycles. The molecule has 0 bridgehead atoms. The van der Waals surface area contributed by atoms with E-state index in [4.69, 9.17) is 31.4 Å². The van der Waals surface area contributed by atoms with Crippen LogP contribution in [0.3, 0.4) is 0 Å². The first-order valence-electron chi connectivity index (χ1n) is 12.7. The van der Waals surface area contributed by atoms with Gasteiger partial charge in [-0.15, -0.1) is 5.10 Å². The molecule has 4 aromatic rings. The van der Waals surface area contributed by atoms with Crippen LogP contribution < -0.4 is 9.64 Å². The zero-order valence-electron chi connectivity index (χ0n) is 20.7. The quantitative estimate of drug-likeness (QED) is 0.362. The predicted octanol–water partition coefficient (Wildman–Crippen LogP) is 5.41. The highest BCUT2D eigenvalue weighted by molar-refractivity contribution is 6.33. The van der Waals surface area contributed by atoms with Crippen molar-refractivity contribution in [3.05, 3.63) is 65.0 Å². The molecule has 0 unspecified atom stereocenters. The summed E-state index contributed by atoms with van der Waals surface area (Å²) in [6.45, 7) is 4.96. The van der Waals surface area contributed by atoms with Gasteiger partial charge in [-0.1, -0.05) is 17.7 Å². The van der Waals surface area contributed by atoms with Crippen LogP contribution in [0.25, 0.3) is 17.2 Å². The Kier molecular flexibility index (Phi) is 6.13. The Hall–Kier alpha value is -3.39. The minimum absolute atomic E-state index is 0.156. The Morgan fingerprint density at radius 3 is 2.56 bits per heavy atom. The van der Waals surface area contributed by atoms with Crippen molar-refractivity contribution in [2.45, 2.75) is 51.5 Å². The average molecular weight is 504 g/mol. The van der Waals surface area contributed by atoms with Gasteiger partial charge in [-0.3, -0.25) is 0 Å². The molecule has 0 radical (unpaired) electrons. The summed E-state index contributed by atoms with van der Waals surface area (Å²) in [6.07, 6.45) is 9.53. The minimum Gasteiger partial charge on any atom is -0.479 e. The first-order valence-corrected chi connectivity index (χ1v) is 13.0. The normalized spacial score (nSPS) is 17.8. The number of aryl methyl sites for hydroxylation is 2. The van der Waals surface area contributed by atoms with Crippen LogP contribution in [0.2, 0.25) is 5.02 Å². The van der Waals surface area contributed by atoms with Crippen LogP contribution in [0.15, 0.2) is 42.9 Å². The third-order valence-electron chi connectivity index (χ3n) is 7.20. The molecule has 2 aliphatic heterocycles. The van der Waals surface area contributed by atoms with E-state index in [0.29, 0.717) is 17.4 Å². The number of piperidine rings is 1. The molecule has 0 aliphatic carbocycles. The number of nitrogens with zero attached hydrogens (tertiary/aromatic N) is 7. The van der Waals surface area contributed by atoms with E-state index >= 15 is 0 Å². The number of methoxy groups -OCH3 is 1. The summed E-state index contributed by atoms with van der Waals surface area (Å²) in [6, 6.07) is 10.4. The maximum Gasteiger partial charge on any atom is 0.238 e. The number of aromatic nitrogens is 6. The van der Waals surface area contributed by atoms with Crippen molar-refractivity contribution in [2.75, 3.05) is 25.1 Å². The van der Waals surface area contributed by atoms with Crippen molar-refractivity contribution < 1.29 is 4.74 Å². The Morgan fingerprint density at radius 2 is 1.81 bits per heavy atom. The van der Waals surface area contributed by atoms with Crippen LogP contribution >= 0.6 is 11.6 Å². The smallest absolute Gasteiger partial charge is 0.238 e. The number of hydrogen-bond donors (Lipinski definition) is 0. The zero-order chi connectivity index (χ0) is 24.6. The van der Waals surface area contributed by atoms with Gasteiger partial charge in [-0.25, -0.2) is 19.6 Å². The number of anilines is 1. The number of benzene rings is 1. The SMILES string of the molecule is COc1nc(-c2nc3n(n2)CCC[C@@H]3c2ccc(N3CCCCC3)c(Cl)c2)ccc1-n1cnc(C)c1. The predicted molar refractivity (Wildman–Crippen MR) is 140 cm³/mol. The molecular weight excluding hydrogens is 474 g/mol. The number of fused-ring (bicyclic) bond motifs is 1. The van der Waals surface area contributed by atoms with Crippen molar-refractivity contribution in [3.63, 3.8) is 0 Å². The second-order valence-corrected chi connectivity index (χ2v) is 10.0. The average Bonchev–Trinajstić information content (AvgIpc) is 3.55. The third-order valence-corrected chi connectivity index (χ3v) is 7.50. The number of rotatable bonds is 5. The van der Waals surface area contributed by atoms with Crippen molar-refractivity contribution >= 4 is 17.3 Å². The summed E-state index contributed by atoms with van der Waals surface area (Å²) in [5.41, 5.74) is 4.78. The maximum absolute atomic E-state index is 6.80. The molecule has 6 rings (SSSR count). The number of pyridine rings is 1. The molecule has 2 aliphatic rings. The molecule has 1 saturated heterocycles. The summed E-state index contributed by atoms with van der Waals surface area (Å²) in [5.74, 6) is 2.24. The Balaban J connectivity index is 1.31. The lowest BCUT2D eigenvalue weighted by Crippen LogP contribution is -2.29. The fourth-order valence-corrected chi connectivity index (χ4v) is 5.67.